The van der Waals surface area contributed by atoms with Crippen molar-refractivity contribution in [3.05, 3.63) is 32.7 Å². The van der Waals surface area contributed by atoms with Gasteiger partial charge in [0, 0.05) is 16.8 Å². The smallest absolute Gasteiger partial charge is 0.258 e. The Morgan fingerprint density at radius 3 is 3.00 bits per heavy atom. The first kappa shape index (κ1) is 10.4. The second kappa shape index (κ2) is 4.53. The molecular weight excluding hydrogens is 254 g/mol. The summed E-state index contributed by atoms with van der Waals surface area (Å²) in [5, 5.41) is 13.1. The minimum absolute atomic E-state index is 0.189. The van der Waals surface area contributed by atoms with Gasteiger partial charge in [-0.3, -0.25) is 10.1 Å². The summed E-state index contributed by atoms with van der Waals surface area (Å²) in [7, 11) is 0. The summed E-state index contributed by atoms with van der Waals surface area (Å²) >= 11 is 4.46. The van der Waals surface area contributed by atoms with E-state index in [1.54, 1.807) is 11.4 Å². The van der Waals surface area contributed by atoms with Crippen LogP contribution in [-0.2, 0) is 0 Å². The van der Waals surface area contributed by atoms with Crippen LogP contribution in [0.25, 0.3) is 6.08 Å². The highest BCUT2D eigenvalue weighted by Gasteiger charge is 2.07. The molecule has 5 heteroatoms. The molecule has 0 saturated heterocycles. The third-order valence-corrected chi connectivity index (χ3v) is 3.19. The molecule has 70 valence electrons. The second-order valence-corrected chi connectivity index (χ2v) is 4.05. The number of nitrogens with zero attached hydrogens (tertiary/aromatic N) is 1. The summed E-state index contributed by atoms with van der Waals surface area (Å²) in [6.07, 6.45) is 1.93. The summed E-state index contributed by atoms with van der Waals surface area (Å²) in [4.78, 5) is 9.99. The fraction of sp³-hybridized carbons (Fsp3) is 0.250. The van der Waals surface area contributed by atoms with Gasteiger partial charge in [-0.05, 0) is 12.5 Å². The summed E-state index contributed by atoms with van der Waals surface area (Å²) in [5.41, 5.74) is 2.04. The third-order valence-electron chi connectivity index (χ3n) is 1.41. The number of alkyl halides is 1. The normalized spacial score (nSPS) is 11.7. The van der Waals surface area contributed by atoms with Crippen molar-refractivity contribution in [3.8, 4) is 0 Å². The van der Waals surface area contributed by atoms with E-state index < -0.39 is 0 Å². The van der Waals surface area contributed by atoms with Crippen LogP contribution in [0, 0.1) is 10.1 Å². The van der Waals surface area contributed by atoms with E-state index in [-0.39, 0.29) is 9.92 Å². The topological polar surface area (TPSA) is 43.1 Å². The molecule has 3 nitrogen and oxygen atoms in total. The van der Waals surface area contributed by atoms with Crippen molar-refractivity contribution in [1.29, 1.82) is 0 Å². The van der Waals surface area contributed by atoms with Crippen LogP contribution in [-0.4, -0.2) is 10.3 Å². The van der Waals surface area contributed by atoms with E-state index in [4.69, 9.17) is 0 Å². The van der Waals surface area contributed by atoms with Crippen molar-refractivity contribution in [1.82, 2.24) is 0 Å². The molecule has 1 heterocycles. The first-order valence-corrected chi connectivity index (χ1v) is 5.59. The fourth-order valence-electron chi connectivity index (χ4n) is 0.834. The number of allylic oxidation sites excluding steroid dienone is 1. The monoisotopic (exact) mass is 261 g/mol. The molecule has 0 saturated carbocycles. The van der Waals surface area contributed by atoms with Gasteiger partial charge in [0.05, 0.1) is 4.92 Å². The van der Waals surface area contributed by atoms with Crippen LogP contribution in [0.1, 0.15) is 12.5 Å². The molecule has 0 radical (unpaired) electrons. The minimum Gasteiger partial charge on any atom is -0.258 e. The lowest BCUT2D eigenvalue weighted by atomic mass is 10.2. The molecular formula is C8H8BrNO2S. The largest absolute Gasteiger partial charge is 0.324 e. The first-order valence-electron chi connectivity index (χ1n) is 3.59. The van der Waals surface area contributed by atoms with Gasteiger partial charge in [0.25, 0.3) is 0 Å². The summed E-state index contributed by atoms with van der Waals surface area (Å²) in [6, 6.07) is 1.58. The number of hydrogen-bond donors (Lipinski definition) is 0. The van der Waals surface area contributed by atoms with E-state index in [0.717, 1.165) is 27.8 Å². The Bertz CT molecular complexity index is 346. The average Bonchev–Trinajstić information content (AvgIpc) is 2.52. The lowest BCUT2D eigenvalue weighted by Crippen LogP contribution is -1.81. The zero-order valence-corrected chi connectivity index (χ0v) is 9.39. The number of rotatable bonds is 3. The summed E-state index contributed by atoms with van der Waals surface area (Å²) in [6.45, 7) is 1.97. The third kappa shape index (κ3) is 2.93. The molecule has 1 aromatic heterocycles. The fourth-order valence-corrected chi connectivity index (χ4v) is 1.68. The first-order chi connectivity index (χ1) is 6.13. The number of hydrogen-bond acceptors (Lipinski definition) is 3. The lowest BCUT2D eigenvalue weighted by Gasteiger charge is -1.89. The van der Waals surface area contributed by atoms with Gasteiger partial charge >= 0.3 is 5.00 Å². The minimum atomic E-state index is -0.370. The van der Waals surface area contributed by atoms with Crippen LogP contribution in [0.5, 0.6) is 0 Å². The zero-order valence-electron chi connectivity index (χ0n) is 6.99. The molecule has 0 bridgehead atoms. The van der Waals surface area contributed by atoms with Gasteiger partial charge in [-0.2, -0.15) is 0 Å². The van der Waals surface area contributed by atoms with Gasteiger partial charge in [0.1, 0.15) is 0 Å². The second-order valence-electron chi connectivity index (χ2n) is 2.60. The van der Waals surface area contributed by atoms with E-state index in [9.17, 15) is 10.1 Å². The van der Waals surface area contributed by atoms with Gasteiger partial charge < -0.3 is 0 Å². The SMILES string of the molecule is CC(=Cc1csc([N+](=O)[O-])c1)CBr. The lowest BCUT2D eigenvalue weighted by molar-refractivity contribution is -0.380. The Balaban J connectivity index is 2.86. The Kier molecular flexibility index (Phi) is 3.62. The van der Waals surface area contributed by atoms with Crippen molar-refractivity contribution < 1.29 is 4.92 Å². The molecule has 0 aromatic carbocycles. The van der Waals surface area contributed by atoms with Crippen molar-refractivity contribution in [3.63, 3.8) is 0 Å². The standard InChI is InChI=1S/C8H8BrNO2S/c1-6(4-9)2-7-3-8(10(11)12)13-5-7/h2-3,5H,4H2,1H3. The van der Waals surface area contributed by atoms with Gasteiger partial charge in [0.15, 0.2) is 0 Å². The van der Waals surface area contributed by atoms with Crippen LogP contribution in [0.4, 0.5) is 5.00 Å². The number of thiophene rings is 1. The molecule has 13 heavy (non-hydrogen) atoms. The van der Waals surface area contributed by atoms with Gasteiger partial charge in [-0.15, -0.1) is 0 Å². The van der Waals surface area contributed by atoms with Crippen molar-refractivity contribution >= 4 is 38.3 Å². The highest BCUT2D eigenvalue weighted by atomic mass is 79.9. The number of halogens is 1. The molecule has 0 amide bonds. The van der Waals surface area contributed by atoms with E-state index in [1.807, 2.05) is 13.0 Å². The Morgan fingerprint density at radius 2 is 2.54 bits per heavy atom. The summed E-state index contributed by atoms with van der Waals surface area (Å²) in [5.74, 6) is 0. The van der Waals surface area contributed by atoms with Gasteiger partial charge in [-0.1, -0.05) is 38.9 Å². The van der Waals surface area contributed by atoms with Crippen molar-refractivity contribution in [2.24, 2.45) is 0 Å². The van der Waals surface area contributed by atoms with Crippen molar-refractivity contribution in [2.75, 3.05) is 5.33 Å². The predicted octanol–water partition coefficient (Wildman–Crippen LogP) is 3.45. The van der Waals surface area contributed by atoms with Crippen molar-refractivity contribution in [2.45, 2.75) is 6.92 Å². The quantitative estimate of drug-likeness (QED) is 0.475. The Morgan fingerprint density at radius 1 is 1.85 bits per heavy atom. The number of nitro groups is 1. The Hall–Kier alpha value is -0.680. The molecule has 0 aliphatic heterocycles. The highest BCUT2D eigenvalue weighted by Crippen LogP contribution is 2.24. The average molecular weight is 262 g/mol. The van der Waals surface area contributed by atoms with Crippen LogP contribution < -0.4 is 0 Å². The molecule has 0 aliphatic rings. The van der Waals surface area contributed by atoms with E-state index >= 15 is 0 Å². The van der Waals surface area contributed by atoms with Crippen LogP contribution >= 0.6 is 27.3 Å². The van der Waals surface area contributed by atoms with Crippen LogP contribution in [0.3, 0.4) is 0 Å². The molecule has 1 aromatic rings. The van der Waals surface area contributed by atoms with Crippen LogP contribution in [0.2, 0.25) is 0 Å². The molecule has 1 rings (SSSR count). The molecule has 0 spiro atoms. The van der Waals surface area contributed by atoms with Crippen LogP contribution in [0.15, 0.2) is 17.0 Å². The molecule has 0 unspecified atom stereocenters. The molecule has 0 N–H and O–H groups in total. The molecule has 0 atom stereocenters. The molecule has 0 fully saturated rings. The maximum Gasteiger partial charge on any atom is 0.324 e. The summed E-state index contributed by atoms with van der Waals surface area (Å²) < 4.78 is 0. The molecule has 0 aliphatic carbocycles. The maximum atomic E-state index is 10.4. The maximum absolute atomic E-state index is 10.4. The zero-order chi connectivity index (χ0) is 9.84. The van der Waals surface area contributed by atoms with E-state index in [1.165, 1.54) is 0 Å². The van der Waals surface area contributed by atoms with E-state index in [0.29, 0.717) is 0 Å². The highest BCUT2D eigenvalue weighted by molar-refractivity contribution is 9.09. The van der Waals surface area contributed by atoms with Gasteiger partial charge in [0.2, 0.25) is 0 Å². The predicted molar refractivity (Wildman–Crippen MR) is 58.4 cm³/mol. The Labute approximate surface area is 88.4 Å². The van der Waals surface area contributed by atoms with E-state index in [2.05, 4.69) is 15.9 Å². The van der Waals surface area contributed by atoms with Gasteiger partial charge in [-0.25, -0.2) is 0 Å².